The fourth-order valence-corrected chi connectivity index (χ4v) is 3.74. The molecule has 3 saturated carbocycles. The molecule has 0 aromatic heterocycles. The highest BCUT2D eigenvalue weighted by molar-refractivity contribution is 4.99. The van der Waals surface area contributed by atoms with Gasteiger partial charge in [0, 0.05) is 0 Å². The molecule has 0 spiro atoms. The van der Waals surface area contributed by atoms with E-state index in [4.69, 9.17) is 0 Å². The molecule has 0 nitrogen and oxygen atoms in total. The van der Waals surface area contributed by atoms with Gasteiger partial charge in [0.25, 0.3) is 0 Å². The largest absolute Gasteiger partial charge is 0.0656 e. The molecule has 3 aliphatic rings. The Bertz CT molecular complexity index is 143. The van der Waals surface area contributed by atoms with Crippen LogP contribution in [0.4, 0.5) is 0 Å². The van der Waals surface area contributed by atoms with Crippen LogP contribution < -0.4 is 0 Å². The maximum absolute atomic E-state index is 2.12. The Morgan fingerprint density at radius 1 is 0.733 bits per heavy atom. The van der Waals surface area contributed by atoms with Crippen molar-refractivity contribution in [3.05, 3.63) is 0 Å². The van der Waals surface area contributed by atoms with Gasteiger partial charge in [0.15, 0.2) is 0 Å². The molecule has 2 unspecified atom stereocenters. The van der Waals surface area contributed by atoms with Gasteiger partial charge in [0.1, 0.15) is 0 Å². The molecule has 0 N–H and O–H groups in total. The lowest BCUT2D eigenvalue weighted by molar-refractivity contribution is 0.332. The normalized spacial score (nSPS) is 39.2. The van der Waals surface area contributed by atoms with E-state index in [1.54, 1.807) is 32.1 Å². The molecule has 2 bridgehead atoms. The molecule has 0 heteroatoms. The maximum atomic E-state index is 2.12. The van der Waals surface area contributed by atoms with E-state index in [1.165, 1.54) is 36.5 Å². The first-order chi connectivity index (χ1) is 7.26. The molecule has 0 aliphatic heterocycles. The van der Waals surface area contributed by atoms with Crippen molar-refractivity contribution in [3.8, 4) is 0 Å². The minimum atomic E-state index is 1.19. The summed E-state index contributed by atoms with van der Waals surface area (Å²) in [6.07, 6.45) is 10.5. The minimum Gasteiger partial charge on any atom is -0.0656 e. The van der Waals surface area contributed by atoms with E-state index in [1.807, 2.05) is 0 Å². The second-order valence-corrected chi connectivity index (χ2v) is 5.75. The number of hydrogen-bond acceptors (Lipinski definition) is 0. The van der Waals surface area contributed by atoms with E-state index in [0.29, 0.717) is 0 Å². The van der Waals surface area contributed by atoms with Gasteiger partial charge in [-0.2, -0.15) is 0 Å². The minimum absolute atomic E-state index is 1.19. The van der Waals surface area contributed by atoms with Crippen molar-refractivity contribution in [2.24, 2.45) is 23.7 Å². The first-order valence-corrected chi connectivity index (χ1v) is 7.26. The average molecular weight is 210 g/mol. The van der Waals surface area contributed by atoms with Crippen molar-refractivity contribution >= 4 is 0 Å². The number of hydrogen-bond donors (Lipinski definition) is 0. The van der Waals surface area contributed by atoms with Gasteiger partial charge in [0.2, 0.25) is 0 Å². The third-order valence-corrected chi connectivity index (χ3v) is 4.00. The SMILES string of the molecule is C1CC2CC3CC1C2C3.CCC.CCC. The first kappa shape index (κ1) is 13.1. The molecular formula is C15H30. The summed E-state index contributed by atoms with van der Waals surface area (Å²) in [6.45, 7) is 8.50. The van der Waals surface area contributed by atoms with E-state index in [0.717, 1.165) is 0 Å². The summed E-state index contributed by atoms with van der Waals surface area (Å²) in [5.41, 5.74) is 0. The third kappa shape index (κ3) is 3.23. The van der Waals surface area contributed by atoms with E-state index >= 15 is 0 Å². The van der Waals surface area contributed by atoms with E-state index in [2.05, 4.69) is 27.7 Å². The summed E-state index contributed by atoms with van der Waals surface area (Å²) in [6, 6.07) is 0. The summed E-state index contributed by atoms with van der Waals surface area (Å²) < 4.78 is 0. The van der Waals surface area contributed by atoms with Gasteiger partial charge < -0.3 is 0 Å². The molecule has 0 aromatic rings. The van der Waals surface area contributed by atoms with Gasteiger partial charge in [-0.25, -0.2) is 0 Å². The Morgan fingerprint density at radius 3 is 1.40 bits per heavy atom. The van der Waals surface area contributed by atoms with Crippen molar-refractivity contribution in [3.63, 3.8) is 0 Å². The second-order valence-electron chi connectivity index (χ2n) is 5.75. The molecular weight excluding hydrogens is 180 g/mol. The van der Waals surface area contributed by atoms with Crippen LogP contribution in [0.3, 0.4) is 0 Å². The molecule has 0 heterocycles. The van der Waals surface area contributed by atoms with Crippen LogP contribution in [0.15, 0.2) is 0 Å². The smallest absolute Gasteiger partial charge is 0.0355 e. The van der Waals surface area contributed by atoms with Gasteiger partial charge >= 0.3 is 0 Å². The highest BCUT2D eigenvalue weighted by atomic mass is 14.5. The van der Waals surface area contributed by atoms with Gasteiger partial charge in [0.05, 0.1) is 0 Å². The molecule has 0 saturated heterocycles. The van der Waals surface area contributed by atoms with Crippen molar-refractivity contribution in [2.75, 3.05) is 0 Å². The number of fused-ring (bicyclic) bond motifs is 1. The predicted octanol–water partition coefficient (Wildman–Crippen LogP) is 5.28. The molecule has 3 fully saturated rings. The summed E-state index contributed by atoms with van der Waals surface area (Å²) in [4.78, 5) is 0. The molecule has 90 valence electrons. The Labute approximate surface area is 96.8 Å². The quantitative estimate of drug-likeness (QED) is 0.510. The van der Waals surface area contributed by atoms with Crippen LogP contribution >= 0.6 is 0 Å². The lowest BCUT2D eigenvalue weighted by Crippen LogP contribution is -2.08. The zero-order chi connectivity index (χ0) is 11.3. The van der Waals surface area contributed by atoms with Crippen LogP contribution in [0.5, 0.6) is 0 Å². The highest BCUT2D eigenvalue weighted by Gasteiger charge is 2.49. The lowest BCUT2D eigenvalue weighted by atomic mass is 9.89. The Hall–Kier alpha value is 0. The van der Waals surface area contributed by atoms with Gasteiger partial charge in [-0.05, 0) is 55.8 Å². The predicted molar refractivity (Wildman–Crippen MR) is 69.0 cm³/mol. The van der Waals surface area contributed by atoms with Crippen molar-refractivity contribution in [1.29, 1.82) is 0 Å². The van der Waals surface area contributed by atoms with E-state index in [9.17, 15) is 0 Å². The third-order valence-electron chi connectivity index (χ3n) is 4.00. The summed E-state index contributed by atoms with van der Waals surface area (Å²) >= 11 is 0. The monoisotopic (exact) mass is 210 g/mol. The molecule has 0 radical (unpaired) electrons. The van der Waals surface area contributed by atoms with Crippen LogP contribution in [-0.2, 0) is 0 Å². The summed E-state index contributed by atoms with van der Waals surface area (Å²) in [5.74, 6) is 4.81. The zero-order valence-corrected chi connectivity index (χ0v) is 11.3. The topological polar surface area (TPSA) is 0 Å². The van der Waals surface area contributed by atoms with E-state index in [-0.39, 0.29) is 0 Å². The van der Waals surface area contributed by atoms with Gasteiger partial charge in [-0.15, -0.1) is 0 Å². The maximum Gasteiger partial charge on any atom is -0.0355 e. The summed E-state index contributed by atoms with van der Waals surface area (Å²) in [5, 5.41) is 0. The van der Waals surface area contributed by atoms with Crippen molar-refractivity contribution in [1.82, 2.24) is 0 Å². The Morgan fingerprint density at radius 2 is 1.13 bits per heavy atom. The van der Waals surface area contributed by atoms with Crippen molar-refractivity contribution < 1.29 is 0 Å². The first-order valence-electron chi connectivity index (χ1n) is 7.26. The molecule has 3 aliphatic carbocycles. The van der Waals surface area contributed by atoms with Crippen LogP contribution in [0, 0.1) is 23.7 Å². The Kier molecular flexibility index (Phi) is 5.71. The van der Waals surface area contributed by atoms with Crippen molar-refractivity contribution in [2.45, 2.75) is 72.6 Å². The molecule has 15 heavy (non-hydrogen) atoms. The summed E-state index contributed by atoms with van der Waals surface area (Å²) in [7, 11) is 0. The molecule has 2 atom stereocenters. The molecule has 0 amide bonds. The molecule has 3 rings (SSSR count). The fraction of sp³-hybridized carbons (Fsp3) is 1.00. The van der Waals surface area contributed by atoms with Gasteiger partial charge in [-0.1, -0.05) is 40.5 Å². The highest BCUT2D eigenvalue weighted by Crippen LogP contribution is 2.59. The van der Waals surface area contributed by atoms with Crippen LogP contribution in [0.1, 0.15) is 72.6 Å². The second kappa shape index (κ2) is 6.55. The van der Waals surface area contributed by atoms with Crippen LogP contribution in [-0.4, -0.2) is 0 Å². The van der Waals surface area contributed by atoms with Gasteiger partial charge in [-0.3, -0.25) is 0 Å². The average Bonchev–Trinajstić information content (AvgIpc) is 2.76. The fourth-order valence-electron chi connectivity index (χ4n) is 3.74. The molecule has 0 aromatic carbocycles. The zero-order valence-electron chi connectivity index (χ0n) is 11.3. The lowest BCUT2D eigenvalue weighted by Gasteiger charge is -2.16. The van der Waals surface area contributed by atoms with E-state index < -0.39 is 0 Å². The van der Waals surface area contributed by atoms with Crippen LogP contribution in [0.2, 0.25) is 0 Å². The van der Waals surface area contributed by atoms with Crippen LogP contribution in [0.25, 0.3) is 0 Å². The standard InChI is InChI=1S/C9H14.2C3H8/c1-2-8-4-6-3-7(1)9(8)5-6;2*1-3-2/h6-9H,1-5H2;2*3H2,1-2H3. The number of rotatable bonds is 0. The Balaban J connectivity index is 0.000000162.